The summed E-state index contributed by atoms with van der Waals surface area (Å²) in [5.74, 6) is -1.04. The van der Waals surface area contributed by atoms with Crippen LogP contribution in [0.2, 0.25) is 0 Å². The van der Waals surface area contributed by atoms with Crippen molar-refractivity contribution < 1.29 is 14.3 Å². The molecule has 0 aliphatic carbocycles. The first kappa shape index (κ1) is 12.2. The number of anilines is 1. The first-order chi connectivity index (χ1) is 9.72. The zero-order valence-electron chi connectivity index (χ0n) is 10.4. The quantitative estimate of drug-likeness (QED) is 0.756. The molecule has 2 N–H and O–H groups in total. The number of oxazole rings is 1. The summed E-state index contributed by atoms with van der Waals surface area (Å²) in [6.07, 6.45) is 1.51. The Morgan fingerprint density at radius 3 is 2.80 bits per heavy atom. The van der Waals surface area contributed by atoms with Crippen molar-refractivity contribution in [3.63, 3.8) is 0 Å². The van der Waals surface area contributed by atoms with E-state index in [0.29, 0.717) is 18.1 Å². The Labute approximate surface area is 114 Å². The third-order valence-electron chi connectivity index (χ3n) is 2.78. The van der Waals surface area contributed by atoms with E-state index in [-0.39, 0.29) is 5.69 Å². The first-order valence-corrected chi connectivity index (χ1v) is 6.00. The number of fused-ring (bicyclic) bond motifs is 1. The molecule has 20 heavy (non-hydrogen) atoms. The zero-order chi connectivity index (χ0) is 13.9. The second-order valence-electron chi connectivity index (χ2n) is 4.20. The van der Waals surface area contributed by atoms with Crippen molar-refractivity contribution in [1.29, 1.82) is 0 Å². The van der Waals surface area contributed by atoms with Crippen LogP contribution in [0.5, 0.6) is 0 Å². The van der Waals surface area contributed by atoms with E-state index in [4.69, 9.17) is 9.52 Å². The molecule has 0 amide bonds. The maximum absolute atomic E-state index is 10.7. The molecule has 6 nitrogen and oxygen atoms in total. The predicted octanol–water partition coefficient (Wildman–Crippen LogP) is 2.53. The molecule has 0 unspecified atom stereocenters. The molecule has 100 valence electrons. The molecule has 1 aromatic carbocycles. The van der Waals surface area contributed by atoms with Gasteiger partial charge in [0.25, 0.3) is 6.01 Å². The molecule has 0 saturated carbocycles. The average Bonchev–Trinajstić information content (AvgIpc) is 2.88. The molecule has 3 rings (SSSR count). The SMILES string of the molecule is O=C(O)c1ccc(CNc2nc3ccccc3o2)cn1. The number of aromatic carboxylic acids is 1. The minimum atomic E-state index is -1.04. The lowest BCUT2D eigenvalue weighted by Crippen LogP contribution is -2.03. The lowest BCUT2D eigenvalue weighted by molar-refractivity contribution is 0.0690. The molecule has 0 aliphatic rings. The number of hydrogen-bond acceptors (Lipinski definition) is 5. The molecule has 0 aliphatic heterocycles. The largest absolute Gasteiger partial charge is 0.477 e. The second kappa shape index (κ2) is 5.00. The van der Waals surface area contributed by atoms with Gasteiger partial charge in [-0.25, -0.2) is 9.78 Å². The minimum Gasteiger partial charge on any atom is -0.477 e. The summed E-state index contributed by atoms with van der Waals surface area (Å²) in [5, 5.41) is 11.8. The number of hydrogen-bond donors (Lipinski definition) is 2. The molecule has 2 heterocycles. The molecule has 0 spiro atoms. The van der Waals surface area contributed by atoms with Crippen molar-refractivity contribution in [3.05, 3.63) is 53.9 Å². The number of carboxylic acid groups (broad SMARTS) is 1. The van der Waals surface area contributed by atoms with Gasteiger partial charge in [-0.1, -0.05) is 18.2 Å². The van der Waals surface area contributed by atoms with Crippen LogP contribution in [0.4, 0.5) is 6.01 Å². The normalized spacial score (nSPS) is 10.6. The third kappa shape index (κ3) is 2.44. The number of carboxylic acids is 1. The van der Waals surface area contributed by atoms with Crippen LogP contribution in [0.3, 0.4) is 0 Å². The lowest BCUT2D eigenvalue weighted by Gasteiger charge is -2.01. The smallest absolute Gasteiger partial charge is 0.354 e. The van der Waals surface area contributed by atoms with Crippen LogP contribution >= 0.6 is 0 Å². The summed E-state index contributed by atoms with van der Waals surface area (Å²) in [7, 11) is 0. The standard InChI is InChI=1S/C14H11N3O3/c18-13(19)11-6-5-9(7-15-11)8-16-14-17-10-3-1-2-4-12(10)20-14/h1-7H,8H2,(H,16,17)(H,18,19). The lowest BCUT2D eigenvalue weighted by atomic mass is 10.2. The fourth-order valence-electron chi connectivity index (χ4n) is 1.78. The van der Waals surface area contributed by atoms with Crippen molar-refractivity contribution >= 4 is 23.1 Å². The summed E-state index contributed by atoms with van der Waals surface area (Å²) >= 11 is 0. The highest BCUT2D eigenvalue weighted by molar-refractivity contribution is 5.85. The average molecular weight is 269 g/mol. The molecular weight excluding hydrogens is 258 g/mol. The monoisotopic (exact) mass is 269 g/mol. The van der Waals surface area contributed by atoms with E-state index in [9.17, 15) is 4.79 Å². The van der Waals surface area contributed by atoms with Gasteiger partial charge < -0.3 is 14.8 Å². The number of benzene rings is 1. The Hall–Kier alpha value is -2.89. The van der Waals surface area contributed by atoms with Gasteiger partial charge in [0.1, 0.15) is 11.2 Å². The van der Waals surface area contributed by atoms with Crippen LogP contribution in [-0.2, 0) is 6.54 Å². The van der Waals surface area contributed by atoms with E-state index in [2.05, 4.69) is 15.3 Å². The summed E-state index contributed by atoms with van der Waals surface area (Å²) in [4.78, 5) is 18.8. The van der Waals surface area contributed by atoms with Gasteiger partial charge in [0.2, 0.25) is 0 Å². The number of nitrogens with one attached hydrogen (secondary N) is 1. The number of pyridine rings is 1. The summed E-state index contributed by atoms with van der Waals surface area (Å²) in [6.45, 7) is 0.458. The van der Waals surface area contributed by atoms with Gasteiger partial charge in [-0.3, -0.25) is 0 Å². The summed E-state index contributed by atoms with van der Waals surface area (Å²) < 4.78 is 5.51. The molecule has 0 atom stereocenters. The van der Waals surface area contributed by atoms with Crippen molar-refractivity contribution in [2.24, 2.45) is 0 Å². The highest BCUT2D eigenvalue weighted by Gasteiger charge is 2.06. The van der Waals surface area contributed by atoms with Crippen LogP contribution in [0.25, 0.3) is 11.1 Å². The van der Waals surface area contributed by atoms with E-state index in [1.807, 2.05) is 24.3 Å². The summed E-state index contributed by atoms with van der Waals surface area (Å²) in [6, 6.07) is 11.1. The van der Waals surface area contributed by atoms with Crippen LogP contribution in [-0.4, -0.2) is 21.0 Å². The third-order valence-corrected chi connectivity index (χ3v) is 2.78. The van der Waals surface area contributed by atoms with Gasteiger partial charge >= 0.3 is 5.97 Å². The Kier molecular flexibility index (Phi) is 3.04. The van der Waals surface area contributed by atoms with E-state index >= 15 is 0 Å². The van der Waals surface area contributed by atoms with Gasteiger partial charge in [-0.2, -0.15) is 4.98 Å². The van der Waals surface area contributed by atoms with Crippen molar-refractivity contribution in [2.75, 3.05) is 5.32 Å². The molecule has 0 bridgehead atoms. The van der Waals surface area contributed by atoms with Crippen LogP contribution in [0.15, 0.2) is 47.0 Å². The van der Waals surface area contributed by atoms with E-state index < -0.39 is 5.97 Å². The van der Waals surface area contributed by atoms with Gasteiger partial charge in [-0.05, 0) is 23.8 Å². The predicted molar refractivity (Wildman–Crippen MR) is 72.5 cm³/mol. The second-order valence-corrected chi connectivity index (χ2v) is 4.20. The molecular formula is C14H11N3O3. The Morgan fingerprint density at radius 2 is 2.10 bits per heavy atom. The molecule has 2 aromatic heterocycles. The maximum Gasteiger partial charge on any atom is 0.354 e. The number of nitrogens with zero attached hydrogens (tertiary/aromatic N) is 2. The van der Waals surface area contributed by atoms with Crippen LogP contribution in [0.1, 0.15) is 16.1 Å². The number of rotatable bonds is 4. The zero-order valence-corrected chi connectivity index (χ0v) is 10.4. The van der Waals surface area contributed by atoms with Crippen LogP contribution < -0.4 is 5.32 Å². The molecule has 6 heteroatoms. The van der Waals surface area contributed by atoms with E-state index in [1.165, 1.54) is 12.3 Å². The van der Waals surface area contributed by atoms with Gasteiger partial charge in [0.15, 0.2) is 5.58 Å². The van der Waals surface area contributed by atoms with E-state index in [1.54, 1.807) is 6.07 Å². The van der Waals surface area contributed by atoms with Crippen molar-refractivity contribution in [3.8, 4) is 0 Å². The van der Waals surface area contributed by atoms with Gasteiger partial charge in [0.05, 0.1) is 0 Å². The molecule has 0 saturated heterocycles. The summed E-state index contributed by atoms with van der Waals surface area (Å²) in [5.41, 5.74) is 2.37. The first-order valence-electron chi connectivity index (χ1n) is 6.00. The van der Waals surface area contributed by atoms with E-state index in [0.717, 1.165) is 11.1 Å². The molecule has 0 radical (unpaired) electrons. The Bertz CT molecular complexity index is 717. The maximum atomic E-state index is 10.7. The van der Waals surface area contributed by atoms with Crippen LogP contribution in [0, 0.1) is 0 Å². The fourth-order valence-corrected chi connectivity index (χ4v) is 1.78. The minimum absolute atomic E-state index is 0.0237. The molecule has 0 fully saturated rings. The highest BCUT2D eigenvalue weighted by atomic mass is 16.4. The van der Waals surface area contributed by atoms with Crippen molar-refractivity contribution in [2.45, 2.75) is 6.54 Å². The Balaban J connectivity index is 1.71. The fraction of sp³-hybridized carbons (Fsp3) is 0.0714. The van der Waals surface area contributed by atoms with Gasteiger partial charge in [0, 0.05) is 12.7 Å². The number of carbonyl (C=O) groups is 1. The number of aromatic nitrogens is 2. The Morgan fingerprint density at radius 1 is 1.25 bits per heavy atom. The van der Waals surface area contributed by atoms with Crippen molar-refractivity contribution in [1.82, 2.24) is 9.97 Å². The molecule has 3 aromatic rings. The topological polar surface area (TPSA) is 88.2 Å². The highest BCUT2D eigenvalue weighted by Crippen LogP contribution is 2.18. The van der Waals surface area contributed by atoms with Gasteiger partial charge in [-0.15, -0.1) is 0 Å². The number of para-hydroxylation sites is 2.